The summed E-state index contributed by atoms with van der Waals surface area (Å²) in [5, 5.41) is 1.14. The molecule has 1 aromatic heterocycles. The lowest BCUT2D eigenvalue weighted by Crippen LogP contribution is -2.27. The standard InChI is InChI=1S/C33H29NO2/c1-23-12-11-17-26(20-23)28(30-22-34(2)31-19-10-9-18-27(30)31)21-29(32(35)24-13-5-3-6-14-24)33(36)25-15-7-4-8-16-25/h3-20,22,28-29H,21H2,1-2H3/t28-/m1/s1. The van der Waals surface area contributed by atoms with Crippen LogP contribution in [0.5, 0.6) is 0 Å². The van der Waals surface area contributed by atoms with Crippen molar-refractivity contribution in [2.24, 2.45) is 13.0 Å². The molecule has 4 aromatic carbocycles. The van der Waals surface area contributed by atoms with E-state index >= 15 is 0 Å². The third kappa shape index (κ3) is 4.65. The highest BCUT2D eigenvalue weighted by Crippen LogP contribution is 2.38. The van der Waals surface area contributed by atoms with Gasteiger partial charge < -0.3 is 4.57 Å². The highest BCUT2D eigenvalue weighted by atomic mass is 16.2. The minimum atomic E-state index is -0.806. The minimum absolute atomic E-state index is 0.124. The van der Waals surface area contributed by atoms with Crippen LogP contribution >= 0.6 is 0 Å². The maximum absolute atomic E-state index is 13.9. The van der Waals surface area contributed by atoms with Crippen LogP contribution in [-0.4, -0.2) is 16.1 Å². The van der Waals surface area contributed by atoms with E-state index in [4.69, 9.17) is 0 Å². The molecule has 0 saturated heterocycles. The topological polar surface area (TPSA) is 39.1 Å². The van der Waals surface area contributed by atoms with Crippen molar-refractivity contribution >= 4 is 22.5 Å². The van der Waals surface area contributed by atoms with Gasteiger partial charge in [-0.1, -0.05) is 109 Å². The maximum Gasteiger partial charge on any atom is 0.173 e. The van der Waals surface area contributed by atoms with Crippen LogP contribution in [0.15, 0.2) is 115 Å². The molecule has 0 aliphatic rings. The number of para-hydroxylation sites is 1. The lowest BCUT2D eigenvalue weighted by Gasteiger charge is -2.23. The van der Waals surface area contributed by atoms with Crippen LogP contribution < -0.4 is 0 Å². The zero-order chi connectivity index (χ0) is 25.1. The molecule has 178 valence electrons. The van der Waals surface area contributed by atoms with Crippen molar-refractivity contribution < 1.29 is 9.59 Å². The number of carbonyl (C=O) groups is 2. The van der Waals surface area contributed by atoms with Crippen molar-refractivity contribution in [3.05, 3.63) is 143 Å². The summed E-state index contributed by atoms with van der Waals surface area (Å²) in [6, 6.07) is 35.1. The van der Waals surface area contributed by atoms with Gasteiger partial charge in [0.2, 0.25) is 0 Å². The van der Waals surface area contributed by atoms with Gasteiger partial charge >= 0.3 is 0 Å². The van der Waals surface area contributed by atoms with E-state index < -0.39 is 5.92 Å². The van der Waals surface area contributed by atoms with Crippen molar-refractivity contribution in [1.82, 2.24) is 4.57 Å². The Balaban J connectivity index is 1.65. The molecule has 0 radical (unpaired) electrons. The SMILES string of the molecule is Cc1cccc([C@@H](CC(C(=O)c2ccccc2)C(=O)c2ccccc2)c2cn(C)c3ccccc23)c1. The molecule has 1 atom stereocenters. The fourth-order valence-electron chi connectivity index (χ4n) is 5.16. The van der Waals surface area contributed by atoms with Gasteiger partial charge in [0, 0.05) is 41.2 Å². The normalized spacial score (nSPS) is 12.1. The molecule has 0 aliphatic carbocycles. The van der Waals surface area contributed by atoms with Crippen molar-refractivity contribution in [3.8, 4) is 0 Å². The van der Waals surface area contributed by atoms with Crippen molar-refractivity contribution in [2.75, 3.05) is 0 Å². The van der Waals surface area contributed by atoms with Crippen LogP contribution in [0, 0.1) is 12.8 Å². The van der Waals surface area contributed by atoms with E-state index in [9.17, 15) is 9.59 Å². The number of hydrogen-bond donors (Lipinski definition) is 0. The molecule has 5 aromatic rings. The molecule has 0 amide bonds. The summed E-state index contributed by atoms with van der Waals surface area (Å²) in [7, 11) is 2.04. The lowest BCUT2D eigenvalue weighted by molar-refractivity contribution is 0.0796. The minimum Gasteiger partial charge on any atom is -0.350 e. The average molecular weight is 472 g/mol. The second kappa shape index (κ2) is 10.2. The molecule has 0 saturated carbocycles. The molecule has 5 rings (SSSR count). The maximum atomic E-state index is 13.9. The van der Waals surface area contributed by atoms with Crippen molar-refractivity contribution in [1.29, 1.82) is 0 Å². The van der Waals surface area contributed by atoms with Crippen LogP contribution in [0.1, 0.15) is 49.7 Å². The Morgan fingerprint density at radius 2 is 1.31 bits per heavy atom. The van der Waals surface area contributed by atoms with Gasteiger partial charge in [-0.3, -0.25) is 9.59 Å². The summed E-state index contributed by atoms with van der Waals surface area (Å²) in [6.45, 7) is 2.07. The van der Waals surface area contributed by atoms with Crippen LogP contribution in [0.3, 0.4) is 0 Å². The van der Waals surface area contributed by atoms with E-state index in [0.717, 1.165) is 27.6 Å². The van der Waals surface area contributed by atoms with Crippen LogP contribution in [0.25, 0.3) is 10.9 Å². The fraction of sp³-hybridized carbons (Fsp3) is 0.152. The van der Waals surface area contributed by atoms with Gasteiger partial charge in [0.25, 0.3) is 0 Å². The Bertz CT molecular complexity index is 1460. The first-order chi connectivity index (χ1) is 17.5. The summed E-state index contributed by atoms with van der Waals surface area (Å²) in [6.07, 6.45) is 2.54. The van der Waals surface area contributed by atoms with E-state index in [1.807, 2.05) is 55.6 Å². The monoisotopic (exact) mass is 471 g/mol. The van der Waals surface area contributed by atoms with Crippen molar-refractivity contribution in [2.45, 2.75) is 19.3 Å². The first kappa shape index (κ1) is 23.5. The largest absolute Gasteiger partial charge is 0.350 e. The molecule has 1 heterocycles. The predicted octanol–water partition coefficient (Wildman–Crippen LogP) is 7.39. The Labute approximate surface area is 212 Å². The number of aryl methyl sites for hydroxylation is 2. The van der Waals surface area contributed by atoms with Crippen LogP contribution in [0.2, 0.25) is 0 Å². The predicted molar refractivity (Wildman–Crippen MR) is 146 cm³/mol. The molecule has 0 aliphatic heterocycles. The van der Waals surface area contributed by atoms with Gasteiger partial charge in [0.05, 0.1) is 5.92 Å². The molecule has 0 unspecified atom stereocenters. The van der Waals surface area contributed by atoms with Gasteiger partial charge in [-0.15, -0.1) is 0 Å². The Hall–Kier alpha value is -4.24. The van der Waals surface area contributed by atoms with Gasteiger partial charge in [-0.05, 0) is 30.5 Å². The zero-order valence-corrected chi connectivity index (χ0v) is 20.6. The first-order valence-electron chi connectivity index (χ1n) is 12.3. The Morgan fingerprint density at radius 1 is 0.722 bits per heavy atom. The molecule has 36 heavy (non-hydrogen) atoms. The number of ketones is 2. The van der Waals surface area contributed by atoms with Gasteiger partial charge in [-0.25, -0.2) is 0 Å². The molecule has 0 fully saturated rings. The van der Waals surface area contributed by atoms with E-state index in [1.165, 1.54) is 0 Å². The Kier molecular flexibility index (Phi) is 6.64. The Morgan fingerprint density at radius 3 is 1.92 bits per heavy atom. The number of carbonyl (C=O) groups excluding carboxylic acids is 2. The number of Topliss-reactive ketones (excluding diaryl/α,β-unsaturated/α-hetero) is 2. The second-order valence-corrected chi connectivity index (χ2v) is 9.43. The summed E-state index contributed by atoms with van der Waals surface area (Å²) >= 11 is 0. The zero-order valence-electron chi connectivity index (χ0n) is 20.6. The number of rotatable bonds is 8. The third-order valence-electron chi connectivity index (χ3n) is 6.97. The quantitative estimate of drug-likeness (QED) is 0.175. The van der Waals surface area contributed by atoms with Gasteiger partial charge in [-0.2, -0.15) is 0 Å². The lowest BCUT2D eigenvalue weighted by atomic mass is 9.78. The van der Waals surface area contributed by atoms with Crippen LogP contribution in [-0.2, 0) is 7.05 Å². The first-order valence-corrected chi connectivity index (χ1v) is 12.3. The fourth-order valence-corrected chi connectivity index (χ4v) is 5.16. The highest BCUT2D eigenvalue weighted by Gasteiger charge is 2.33. The van der Waals surface area contributed by atoms with E-state index in [2.05, 4.69) is 54.1 Å². The number of benzene rings is 4. The highest BCUT2D eigenvalue weighted by molar-refractivity contribution is 6.16. The van der Waals surface area contributed by atoms with E-state index in [1.54, 1.807) is 24.3 Å². The number of nitrogens with zero attached hydrogens (tertiary/aromatic N) is 1. The number of aromatic nitrogens is 1. The van der Waals surface area contributed by atoms with E-state index in [0.29, 0.717) is 17.5 Å². The molecule has 0 bridgehead atoms. The van der Waals surface area contributed by atoms with E-state index in [-0.39, 0.29) is 17.5 Å². The van der Waals surface area contributed by atoms with Crippen LogP contribution in [0.4, 0.5) is 0 Å². The van der Waals surface area contributed by atoms with Gasteiger partial charge in [0.15, 0.2) is 11.6 Å². The summed E-state index contributed by atoms with van der Waals surface area (Å²) in [5.41, 5.74) is 5.65. The molecule has 0 N–H and O–H groups in total. The summed E-state index contributed by atoms with van der Waals surface area (Å²) in [5.74, 6) is -1.20. The summed E-state index contributed by atoms with van der Waals surface area (Å²) < 4.78 is 2.13. The molecule has 3 heteroatoms. The smallest absolute Gasteiger partial charge is 0.173 e. The number of fused-ring (bicyclic) bond motifs is 1. The van der Waals surface area contributed by atoms with Gasteiger partial charge in [0.1, 0.15) is 0 Å². The van der Waals surface area contributed by atoms with Crippen molar-refractivity contribution in [3.63, 3.8) is 0 Å². The summed E-state index contributed by atoms with van der Waals surface area (Å²) in [4.78, 5) is 27.7. The molecule has 0 spiro atoms. The number of hydrogen-bond acceptors (Lipinski definition) is 2. The molecule has 3 nitrogen and oxygen atoms in total. The average Bonchev–Trinajstić information content (AvgIpc) is 3.26. The molecular weight excluding hydrogens is 442 g/mol. The second-order valence-electron chi connectivity index (χ2n) is 9.43. The third-order valence-corrected chi connectivity index (χ3v) is 6.97. The molecular formula is C33H29NO2.